The summed E-state index contributed by atoms with van der Waals surface area (Å²) in [6.07, 6.45) is 6.50. The van der Waals surface area contributed by atoms with Crippen LogP contribution < -0.4 is 5.32 Å². The Balaban J connectivity index is 1.66. The first kappa shape index (κ1) is 15.3. The topological polar surface area (TPSA) is 55.4 Å². The fourth-order valence-electron chi connectivity index (χ4n) is 2.34. The predicted octanol–water partition coefficient (Wildman–Crippen LogP) is 2.51. The van der Waals surface area contributed by atoms with Crippen molar-refractivity contribution < 1.29 is 14.3 Å². The number of esters is 1. The zero-order valence-corrected chi connectivity index (χ0v) is 12.3. The van der Waals surface area contributed by atoms with Gasteiger partial charge in [-0.25, -0.2) is 0 Å². The van der Waals surface area contributed by atoms with Crippen LogP contribution >= 0.6 is 0 Å². The first-order chi connectivity index (χ1) is 10.1. The molecular weight excluding hydrogens is 266 g/mol. The number of carbonyl (C=O) groups excluding carboxylic acids is 2. The lowest BCUT2D eigenvalue weighted by Gasteiger charge is -2.10. The Morgan fingerprint density at radius 2 is 2.14 bits per heavy atom. The Bertz CT molecular complexity index is 537. The van der Waals surface area contributed by atoms with Crippen LogP contribution in [0.15, 0.2) is 36.4 Å². The van der Waals surface area contributed by atoms with Crippen molar-refractivity contribution in [2.24, 2.45) is 5.92 Å². The summed E-state index contributed by atoms with van der Waals surface area (Å²) in [5, 5.41) is 2.76. The van der Waals surface area contributed by atoms with Gasteiger partial charge in [-0.2, -0.15) is 0 Å². The highest BCUT2D eigenvalue weighted by Crippen LogP contribution is 2.20. The Hall–Kier alpha value is -2.10. The fraction of sp³-hybridized carbons (Fsp3) is 0.412. The molecule has 0 saturated carbocycles. The van der Waals surface area contributed by atoms with E-state index in [2.05, 4.69) is 11.4 Å². The molecule has 0 radical (unpaired) electrons. The van der Waals surface area contributed by atoms with E-state index in [4.69, 9.17) is 4.74 Å². The molecular formula is C17H21NO3. The molecule has 0 spiro atoms. The smallest absolute Gasteiger partial charge is 0.306 e. The highest BCUT2D eigenvalue weighted by Gasteiger charge is 2.15. The van der Waals surface area contributed by atoms with Crippen LogP contribution in [0.3, 0.4) is 0 Å². The molecule has 1 atom stereocenters. The minimum Gasteiger partial charge on any atom is -0.456 e. The van der Waals surface area contributed by atoms with Crippen molar-refractivity contribution in [3.8, 4) is 0 Å². The molecule has 0 bridgehead atoms. The van der Waals surface area contributed by atoms with Gasteiger partial charge in [-0.15, -0.1) is 0 Å². The molecule has 1 aliphatic rings. The number of rotatable bonds is 6. The van der Waals surface area contributed by atoms with Crippen LogP contribution in [-0.4, -0.2) is 18.5 Å². The number of aryl methyl sites for hydroxylation is 1. The molecule has 2 rings (SSSR count). The van der Waals surface area contributed by atoms with Gasteiger partial charge < -0.3 is 10.1 Å². The molecule has 0 aliphatic heterocycles. The van der Waals surface area contributed by atoms with Gasteiger partial charge in [-0.3, -0.25) is 9.59 Å². The quantitative estimate of drug-likeness (QED) is 0.646. The van der Waals surface area contributed by atoms with Crippen molar-refractivity contribution in [2.75, 3.05) is 6.61 Å². The van der Waals surface area contributed by atoms with Gasteiger partial charge in [0.15, 0.2) is 6.61 Å². The summed E-state index contributed by atoms with van der Waals surface area (Å²) in [4.78, 5) is 23.3. The molecule has 0 aromatic heterocycles. The van der Waals surface area contributed by atoms with E-state index in [1.807, 2.05) is 37.3 Å². The monoisotopic (exact) mass is 287 g/mol. The lowest BCUT2D eigenvalue weighted by Crippen LogP contribution is -2.28. The molecule has 21 heavy (non-hydrogen) atoms. The molecule has 1 N–H and O–H groups in total. The van der Waals surface area contributed by atoms with Crippen molar-refractivity contribution in [1.82, 2.24) is 5.32 Å². The van der Waals surface area contributed by atoms with Crippen molar-refractivity contribution in [2.45, 2.75) is 32.7 Å². The average molecular weight is 287 g/mol. The van der Waals surface area contributed by atoms with Gasteiger partial charge in [-0.05, 0) is 36.8 Å². The van der Waals surface area contributed by atoms with Crippen LogP contribution in [0.2, 0.25) is 0 Å². The summed E-state index contributed by atoms with van der Waals surface area (Å²) < 4.78 is 5.00. The van der Waals surface area contributed by atoms with Crippen molar-refractivity contribution in [1.29, 1.82) is 0 Å². The van der Waals surface area contributed by atoms with E-state index in [-0.39, 0.29) is 24.4 Å². The maximum absolute atomic E-state index is 11.7. The van der Waals surface area contributed by atoms with E-state index in [9.17, 15) is 9.59 Å². The second-order valence-corrected chi connectivity index (χ2v) is 5.33. The fourth-order valence-corrected chi connectivity index (χ4v) is 2.34. The number of benzene rings is 1. The lowest BCUT2D eigenvalue weighted by molar-refractivity contribution is -0.149. The number of nitrogens with one attached hydrogen (secondary N) is 1. The van der Waals surface area contributed by atoms with Crippen LogP contribution in [0.4, 0.5) is 0 Å². The van der Waals surface area contributed by atoms with Crippen LogP contribution in [0.25, 0.3) is 0 Å². The van der Waals surface area contributed by atoms with Gasteiger partial charge in [0.1, 0.15) is 0 Å². The second kappa shape index (κ2) is 7.62. The van der Waals surface area contributed by atoms with Crippen LogP contribution in [0.1, 0.15) is 30.4 Å². The van der Waals surface area contributed by atoms with Gasteiger partial charge >= 0.3 is 5.97 Å². The number of carbonyl (C=O) groups is 2. The number of amides is 1. The first-order valence-electron chi connectivity index (χ1n) is 7.28. The van der Waals surface area contributed by atoms with Gasteiger partial charge in [0.25, 0.3) is 5.91 Å². The van der Waals surface area contributed by atoms with Gasteiger partial charge in [0.2, 0.25) is 0 Å². The van der Waals surface area contributed by atoms with E-state index < -0.39 is 0 Å². The molecule has 1 aromatic rings. The van der Waals surface area contributed by atoms with E-state index in [1.54, 1.807) is 0 Å². The Morgan fingerprint density at radius 1 is 1.33 bits per heavy atom. The summed E-state index contributed by atoms with van der Waals surface area (Å²) in [6, 6.07) is 7.86. The molecule has 1 aliphatic carbocycles. The molecule has 1 amide bonds. The third kappa shape index (κ3) is 5.06. The third-order valence-electron chi connectivity index (χ3n) is 3.64. The van der Waals surface area contributed by atoms with E-state index in [0.717, 1.165) is 24.0 Å². The Kier molecular flexibility index (Phi) is 5.55. The molecule has 112 valence electrons. The molecule has 1 aromatic carbocycles. The Labute approximate surface area is 125 Å². The van der Waals surface area contributed by atoms with Crippen LogP contribution in [-0.2, 0) is 20.9 Å². The highest BCUT2D eigenvalue weighted by atomic mass is 16.5. The average Bonchev–Trinajstić information content (AvgIpc) is 2.97. The zero-order valence-electron chi connectivity index (χ0n) is 12.3. The lowest BCUT2D eigenvalue weighted by atomic mass is 10.1. The minimum absolute atomic E-state index is 0.207. The van der Waals surface area contributed by atoms with Gasteiger partial charge in [0, 0.05) is 6.54 Å². The Morgan fingerprint density at radius 3 is 2.86 bits per heavy atom. The SMILES string of the molecule is Cc1ccccc1CNC(=O)COC(=O)C[C@H]1C=CCC1. The van der Waals surface area contributed by atoms with Crippen molar-refractivity contribution >= 4 is 11.9 Å². The zero-order chi connectivity index (χ0) is 15.1. The van der Waals surface area contributed by atoms with Crippen molar-refractivity contribution in [3.63, 3.8) is 0 Å². The standard InChI is InChI=1S/C17H21NO3/c1-13-6-2-5-9-15(13)11-18-16(19)12-21-17(20)10-14-7-3-4-8-14/h2-3,5-7,9,14H,4,8,10-12H2,1H3,(H,18,19)/t14-/m0/s1. The molecule has 0 fully saturated rings. The van der Waals surface area contributed by atoms with E-state index >= 15 is 0 Å². The molecule has 0 saturated heterocycles. The minimum atomic E-state index is -0.308. The molecule has 4 heteroatoms. The summed E-state index contributed by atoms with van der Waals surface area (Å²) in [6.45, 7) is 2.24. The number of ether oxygens (including phenoxy) is 1. The molecule has 0 unspecified atom stereocenters. The maximum atomic E-state index is 11.7. The maximum Gasteiger partial charge on any atom is 0.306 e. The normalized spacial score (nSPS) is 16.7. The number of hydrogen-bond donors (Lipinski definition) is 1. The van der Waals surface area contributed by atoms with E-state index in [1.165, 1.54) is 0 Å². The molecule has 0 heterocycles. The number of hydrogen-bond acceptors (Lipinski definition) is 3. The van der Waals surface area contributed by atoms with Crippen molar-refractivity contribution in [3.05, 3.63) is 47.5 Å². The first-order valence-corrected chi connectivity index (χ1v) is 7.28. The summed E-state index contributed by atoms with van der Waals surface area (Å²) >= 11 is 0. The summed E-state index contributed by atoms with van der Waals surface area (Å²) in [5.74, 6) is -0.307. The van der Waals surface area contributed by atoms with Crippen LogP contribution in [0.5, 0.6) is 0 Å². The van der Waals surface area contributed by atoms with E-state index in [0.29, 0.717) is 13.0 Å². The third-order valence-corrected chi connectivity index (χ3v) is 3.64. The van der Waals surface area contributed by atoms with Gasteiger partial charge in [0.05, 0.1) is 6.42 Å². The highest BCUT2D eigenvalue weighted by molar-refractivity contribution is 5.80. The summed E-state index contributed by atoms with van der Waals surface area (Å²) in [7, 11) is 0. The largest absolute Gasteiger partial charge is 0.456 e. The molecule has 4 nitrogen and oxygen atoms in total. The second-order valence-electron chi connectivity index (χ2n) is 5.33. The number of allylic oxidation sites excluding steroid dienone is 2. The summed E-state index contributed by atoms with van der Waals surface area (Å²) in [5.41, 5.74) is 2.19. The van der Waals surface area contributed by atoms with Gasteiger partial charge in [-0.1, -0.05) is 36.4 Å². The predicted molar refractivity (Wildman–Crippen MR) is 80.5 cm³/mol. The van der Waals surface area contributed by atoms with Crippen LogP contribution in [0, 0.1) is 12.8 Å².